The fourth-order valence-electron chi connectivity index (χ4n) is 1.36. The molecule has 6 nitrogen and oxygen atoms in total. The maximum absolute atomic E-state index is 5.82. The highest BCUT2D eigenvalue weighted by atomic mass is 35.5. The fourth-order valence-corrected chi connectivity index (χ4v) is 1.51. The van der Waals surface area contributed by atoms with Gasteiger partial charge in [0, 0.05) is 18.9 Å². The lowest BCUT2D eigenvalue weighted by molar-refractivity contribution is 0.222. The summed E-state index contributed by atoms with van der Waals surface area (Å²) in [6.45, 7) is 4.35. The van der Waals surface area contributed by atoms with E-state index in [1.54, 1.807) is 12.4 Å². The number of pyridine rings is 1. The highest BCUT2D eigenvalue weighted by Crippen LogP contribution is 2.13. The van der Waals surface area contributed by atoms with E-state index < -0.39 is 0 Å². The number of nitrogens with zero attached hydrogens (tertiary/aromatic N) is 4. The van der Waals surface area contributed by atoms with Crippen molar-refractivity contribution in [3.8, 4) is 6.01 Å². The standard InChI is InChI=1S/C12H14ClN5O/c1-8(2)19-12-17-10(13)16-11(18-12)15-7-9-3-5-14-6-4-9/h3-6,8H,7H2,1-2H3,(H,15,16,17,18). The summed E-state index contributed by atoms with van der Waals surface area (Å²) < 4.78 is 5.39. The van der Waals surface area contributed by atoms with Gasteiger partial charge in [-0.15, -0.1) is 0 Å². The maximum atomic E-state index is 5.82. The molecule has 0 fully saturated rings. The Kier molecular flexibility index (Phi) is 4.46. The summed E-state index contributed by atoms with van der Waals surface area (Å²) in [4.78, 5) is 16.0. The lowest BCUT2D eigenvalue weighted by Crippen LogP contribution is -2.11. The summed E-state index contributed by atoms with van der Waals surface area (Å²) in [5.74, 6) is 0.382. The molecule has 2 aromatic rings. The molecule has 0 aliphatic carbocycles. The lowest BCUT2D eigenvalue weighted by Gasteiger charge is -2.09. The van der Waals surface area contributed by atoms with Crippen LogP contribution in [0.1, 0.15) is 19.4 Å². The van der Waals surface area contributed by atoms with Gasteiger partial charge in [-0.3, -0.25) is 4.98 Å². The third kappa shape index (κ3) is 4.33. The molecule has 0 aliphatic rings. The highest BCUT2D eigenvalue weighted by molar-refractivity contribution is 6.28. The Bertz CT molecular complexity index is 535. The number of aromatic nitrogens is 4. The van der Waals surface area contributed by atoms with Gasteiger partial charge in [-0.25, -0.2) is 0 Å². The minimum absolute atomic E-state index is 0.0217. The van der Waals surface area contributed by atoms with Crippen molar-refractivity contribution in [1.82, 2.24) is 19.9 Å². The number of rotatable bonds is 5. The number of halogens is 1. The summed E-state index contributed by atoms with van der Waals surface area (Å²) >= 11 is 5.82. The Labute approximate surface area is 116 Å². The largest absolute Gasteiger partial charge is 0.461 e. The van der Waals surface area contributed by atoms with E-state index in [-0.39, 0.29) is 17.4 Å². The van der Waals surface area contributed by atoms with Crippen LogP contribution in [0.25, 0.3) is 0 Å². The molecule has 100 valence electrons. The molecular formula is C12H14ClN5O. The molecule has 0 radical (unpaired) electrons. The van der Waals surface area contributed by atoms with Crippen molar-refractivity contribution in [2.24, 2.45) is 0 Å². The molecule has 2 aromatic heterocycles. The van der Waals surface area contributed by atoms with Crippen LogP contribution in [0.3, 0.4) is 0 Å². The predicted octanol–water partition coefficient (Wildman–Crippen LogP) is 2.32. The van der Waals surface area contributed by atoms with Crippen molar-refractivity contribution in [1.29, 1.82) is 0 Å². The lowest BCUT2D eigenvalue weighted by atomic mass is 10.3. The van der Waals surface area contributed by atoms with E-state index in [9.17, 15) is 0 Å². The molecule has 1 N–H and O–H groups in total. The third-order valence-electron chi connectivity index (χ3n) is 2.13. The van der Waals surface area contributed by atoms with Gasteiger partial charge in [0.25, 0.3) is 0 Å². The van der Waals surface area contributed by atoms with Crippen molar-refractivity contribution in [3.05, 3.63) is 35.4 Å². The van der Waals surface area contributed by atoms with E-state index in [0.717, 1.165) is 5.56 Å². The molecule has 7 heteroatoms. The SMILES string of the molecule is CC(C)Oc1nc(Cl)nc(NCc2ccncc2)n1. The zero-order valence-corrected chi connectivity index (χ0v) is 11.4. The van der Waals surface area contributed by atoms with Crippen LogP contribution in [-0.2, 0) is 6.54 Å². The van der Waals surface area contributed by atoms with Gasteiger partial charge >= 0.3 is 6.01 Å². The van der Waals surface area contributed by atoms with Crippen LogP contribution < -0.4 is 10.1 Å². The van der Waals surface area contributed by atoms with Crippen LogP contribution in [0, 0.1) is 0 Å². The van der Waals surface area contributed by atoms with Crippen molar-refractivity contribution in [2.75, 3.05) is 5.32 Å². The smallest absolute Gasteiger partial charge is 0.322 e. The number of ether oxygens (including phenoxy) is 1. The van der Waals surface area contributed by atoms with Crippen LogP contribution in [0.2, 0.25) is 5.28 Å². The molecule has 0 amide bonds. The fraction of sp³-hybridized carbons (Fsp3) is 0.333. The number of anilines is 1. The Morgan fingerprint density at radius 3 is 2.63 bits per heavy atom. The summed E-state index contributed by atoms with van der Waals surface area (Å²) in [6.07, 6.45) is 3.43. The van der Waals surface area contributed by atoms with Gasteiger partial charge in [0.05, 0.1) is 6.10 Å². The molecule has 0 saturated carbocycles. The second-order valence-electron chi connectivity index (χ2n) is 4.09. The number of nitrogens with one attached hydrogen (secondary N) is 1. The molecule has 0 unspecified atom stereocenters. The summed E-state index contributed by atoms with van der Waals surface area (Å²) in [5.41, 5.74) is 1.07. The molecule has 0 aliphatic heterocycles. The minimum Gasteiger partial charge on any atom is -0.461 e. The molecule has 0 saturated heterocycles. The summed E-state index contributed by atoms with van der Waals surface area (Å²) in [5, 5.41) is 3.16. The van der Waals surface area contributed by atoms with Gasteiger partial charge < -0.3 is 10.1 Å². The normalized spacial score (nSPS) is 10.5. The second-order valence-corrected chi connectivity index (χ2v) is 4.42. The van der Waals surface area contributed by atoms with Crippen LogP contribution in [0.15, 0.2) is 24.5 Å². The molecule has 0 spiro atoms. The number of hydrogen-bond acceptors (Lipinski definition) is 6. The first-order valence-electron chi connectivity index (χ1n) is 5.84. The molecule has 19 heavy (non-hydrogen) atoms. The summed E-state index contributed by atoms with van der Waals surface area (Å²) in [7, 11) is 0. The van der Waals surface area contributed by atoms with Gasteiger partial charge in [0.2, 0.25) is 11.2 Å². The van der Waals surface area contributed by atoms with Gasteiger partial charge in [0.15, 0.2) is 0 Å². The van der Waals surface area contributed by atoms with Crippen molar-refractivity contribution in [3.63, 3.8) is 0 Å². The van der Waals surface area contributed by atoms with Crippen LogP contribution in [-0.4, -0.2) is 26.0 Å². The molecule has 0 aromatic carbocycles. The Morgan fingerprint density at radius 2 is 1.95 bits per heavy atom. The third-order valence-corrected chi connectivity index (χ3v) is 2.30. The zero-order valence-electron chi connectivity index (χ0n) is 10.7. The average molecular weight is 280 g/mol. The van der Waals surface area contributed by atoms with E-state index in [1.807, 2.05) is 26.0 Å². The quantitative estimate of drug-likeness (QED) is 0.905. The van der Waals surface area contributed by atoms with Crippen LogP contribution >= 0.6 is 11.6 Å². The summed E-state index contributed by atoms with van der Waals surface area (Å²) in [6, 6.07) is 4.02. The van der Waals surface area contributed by atoms with Gasteiger partial charge in [-0.05, 0) is 43.1 Å². The van der Waals surface area contributed by atoms with E-state index in [2.05, 4.69) is 25.3 Å². The number of hydrogen-bond donors (Lipinski definition) is 1. The molecule has 0 bridgehead atoms. The maximum Gasteiger partial charge on any atom is 0.322 e. The van der Waals surface area contributed by atoms with Gasteiger partial charge in [0.1, 0.15) is 0 Å². The van der Waals surface area contributed by atoms with Gasteiger partial charge in [-0.2, -0.15) is 15.0 Å². The first-order chi connectivity index (χ1) is 9.13. The topological polar surface area (TPSA) is 72.8 Å². The van der Waals surface area contributed by atoms with Crippen molar-refractivity contribution >= 4 is 17.5 Å². The monoisotopic (exact) mass is 279 g/mol. The van der Waals surface area contributed by atoms with E-state index in [4.69, 9.17) is 16.3 Å². The Hall–Kier alpha value is -1.95. The molecule has 0 atom stereocenters. The Morgan fingerprint density at radius 1 is 1.21 bits per heavy atom. The zero-order chi connectivity index (χ0) is 13.7. The first-order valence-corrected chi connectivity index (χ1v) is 6.22. The molecule has 2 rings (SSSR count). The first kappa shape index (κ1) is 13.5. The van der Waals surface area contributed by atoms with Crippen molar-refractivity contribution < 1.29 is 4.74 Å². The molecule has 2 heterocycles. The van der Waals surface area contributed by atoms with Crippen molar-refractivity contribution in [2.45, 2.75) is 26.5 Å². The molecular weight excluding hydrogens is 266 g/mol. The predicted molar refractivity (Wildman–Crippen MR) is 72.2 cm³/mol. The van der Waals surface area contributed by atoms with Crippen LogP contribution in [0.4, 0.5) is 5.95 Å². The Balaban J connectivity index is 2.05. The minimum atomic E-state index is -0.0217. The second kappa shape index (κ2) is 6.29. The van der Waals surface area contributed by atoms with Gasteiger partial charge in [-0.1, -0.05) is 0 Å². The average Bonchev–Trinajstić information content (AvgIpc) is 2.36. The van der Waals surface area contributed by atoms with E-state index >= 15 is 0 Å². The van der Waals surface area contributed by atoms with Crippen LogP contribution in [0.5, 0.6) is 6.01 Å². The highest BCUT2D eigenvalue weighted by Gasteiger charge is 2.07. The van der Waals surface area contributed by atoms with E-state index in [0.29, 0.717) is 12.5 Å². The van der Waals surface area contributed by atoms with E-state index in [1.165, 1.54) is 0 Å².